The van der Waals surface area contributed by atoms with Crippen molar-refractivity contribution >= 4 is 5.91 Å². The minimum atomic E-state index is -0.116. The molecule has 1 aliphatic carbocycles. The topological polar surface area (TPSA) is 77.4 Å². The van der Waals surface area contributed by atoms with E-state index < -0.39 is 0 Å². The lowest BCUT2D eigenvalue weighted by Crippen LogP contribution is -2.33. The summed E-state index contributed by atoms with van der Waals surface area (Å²) in [6.45, 7) is 3.10. The lowest BCUT2D eigenvalue weighted by molar-refractivity contribution is 0.0925. The molecule has 2 aromatic rings. The van der Waals surface area contributed by atoms with Gasteiger partial charge in [-0.2, -0.15) is 5.10 Å². The molecule has 3 heterocycles. The van der Waals surface area contributed by atoms with Crippen molar-refractivity contribution < 1.29 is 14.3 Å². The molecule has 2 fully saturated rings. The van der Waals surface area contributed by atoms with Gasteiger partial charge in [-0.15, -0.1) is 0 Å². The summed E-state index contributed by atoms with van der Waals surface area (Å²) in [6, 6.07) is 8.10. The Bertz CT molecular complexity index is 855. The van der Waals surface area contributed by atoms with E-state index in [2.05, 4.69) is 15.7 Å². The molecular weight excluding hydrogens is 356 g/mol. The molecule has 2 atom stereocenters. The molecule has 1 aromatic heterocycles. The highest BCUT2D eigenvalue weighted by molar-refractivity contribution is 5.92. The van der Waals surface area contributed by atoms with Crippen molar-refractivity contribution in [1.82, 2.24) is 20.4 Å². The summed E-state index contributed by atoms with van der Waals surface area (Å²) in [4.78, 5) is 12.9. The molecule has 0 radical (unpaired) electrons. The predicted octanol–water partition coefficient (Wildman–Crippen LogP) is 2.46. The zero-order valence-corrected chi connectivity index (χ0v) is 15.9. The number of carbonyl (C=O) groups excluding carboxylic acids is 1. The summed E-state index contributed by atoms with van der Waals surface area (Å²) in [6.07, 6.45) is 6.41. The Balaban J connectivity index is 1.32. The third-order valence-electron chi connectivity index (χ3n) is 5.79. The Kier molecular flexibility index (Phi) is 4.68. The SMILES string of the molecule is O=C(NC(c1ccc2c(c1)OCCO2)C1CC1)c1ccn(C2CCCNC2)n1. The number of hydrogen-bond acceptors (Lipinski definition) is 5. The van der Waals surface area contributed by atoms with Crippen LogP contribution in [0.1, 0.15) is 53.8 Å². The number of rotatable bonds is 5. The molecule has 7 nitrogen and oxygen atoms in total. The summed E-state index contributed by atoms with van der Waals surface area (Å²) in [7, 11) is 0. The summed E-state index contributed by atoms with van der Waals surface area (Å²) in [5.41, 5.74) is 1.55. The first-order valence-corrected chi connectivity index (χ1v) is 10.2. The number of amides is 1. The normalized spacial score (nSPS) is 22.5. The molecule has 1 saturated heterocycles. The molecule has 3 aliphatic rings. The maximum absolute atomic E-state index is 12.9. The van der Waals surface area contributed by atoms with Crippen LogP contribution >= 0.6 is 0 Å². The second-order valence-corrected chi connectivity index (χ2v) is 7.87. The van der Waals surface area contributed by atoms with Crippen molar-refractivity contribution in [3.8, 4) is 11.5 Å². The Morgan fingerprint density at radius 2 is 2.04 bits per heavy atom. The fourth-order valence-corrected chi connectivity index (χ4v) is 4.09. The molecular formula is C21H26N4O3. The fourth-order valence-electron chi connectivity index (χ4n) is 4.09. The Morgan fingerprint density at radius 3 is 2.82 bits per heavy atom. The molecule has 2 unspecified atom stereocenters. The van der Waals surface area contributed by atoms with Gasteiger partial charge in [0.05, 0.1) is 12.1 Å². The first-order valence-electron chi connectivity index (χ1n) is 10.2. The van der Waals surface area contributed by atoms with E-state index in [9.17, 15) is 4.79 Å². The highest BCUT2D eigenvalue weighted by atomic mass is 16.6. The van der Waals surface area contributed by atoms with E-state index in [0.717, 1.165) is 55.8 Å². The van der Waals surface area contributed by atoms with Gasteiger partial charge in [0.15, 0.2) is 11.5 Å². The van der Waals surface area contributed by atoms with Gasteiger partial charge in [-0.05, 0) is 61.9 Å². The number of nitrogens with one attached hydrogen (secondary N) is 2. The maximum Gasteiger partial charge on any atom is 0.272 e. The summed E-state index contributed by atoms with van der Waals surface area (Å²) in [5.74, 6) is 1.89. The average molecular weight is 382 g/mol. The zero-order chi connectivity index (χ0) is 18.9. The van der Waals surface area contributed by atoms with Crippen molar-refractivity contribution in [2.45, 2.75) is 37.8 Å². The lowest BCUT2D eigenvalue weighted by Gasteiger charge is -2.23. The number of carbonyl (C=O) groups is 1. The summed E-state index contributed by atoms with van der Waals surface area (Å²) < 4.78 is 13.3. The van der Waals surface area contributed by atoms with Crippen molar-refractivity contribution in [3.05, 3.63) is 41.7 Å². The van der Waals surface area contributed by atoms with Crippen LogP contribution in [-0.2, 0) is 0 Å². The molecule has 5 rings (SSSR count). The second kappa shape index (κ2) is 7.47. The van der Waals surface area contributed by atoms with Crippen LogP contribution in [0.4, 0.5) is 0 Å². The van der Waals surface area contributed by atoms with E-state index >= 15 is 0 Å². The standard InChI is InChI=1S/C21H26N4O3/c26-21(17-7-9-25(24-17)16-2-1-8-22-13-16)23-20(14-3-4-14)15-5-6-18-19(12-15)28-11-10-27-18/h5-7,9,12,14,16,20,22H,1-4,8,10-11,13H2,(H,23,26). The minimum absolute atomic E-state index is 0.0233. The van der Waals surface area contributed by atoms with E-state index in [-0.39, 0.29) is 11.9 Å². The quantitative estimate of drug-likeness (QED) is 0.831. The van der Waals surface area contributed by atoms with E-state index in [0.29, 0.717) is 30.9 Å². The van der Waals surface area contributed by atoms with Gasteiger partial charge in [-0.25, -0.2) is 0 Å². The van der Waals surface area contributed by atoms with Crippen molar-refractivity contribution in [2.24, 2.45) is 5.92 Å². The molecule has 0 spiro atoms. The van der Waals surface area contributed by atoms with Crippen LogP contribution in [0.3, 0.4) is 0 Å². The van der Waals surface area contributed by atoms with Crippen molar-refractivity contribution in [2.75, 3.05) is 26.3 Å². The number of benzene rings is 1. The van der Waals surface area contributed by atoms with Crippen LogP contribution in [0.5, 0.6) is 11.5 Å². The number of fused-ring (bicyclic) bond motifs is 1. The number of ether oxygens (including phenoxy) is 2. The molecule has 7 heteroatoms. The number of aromatic nitrogens is 2. The molecule has 1 amide bonds. The molecule has 1 saturated carbocycles. The van der Waals surface area contributed by atoms with Gasteiger partial charge < -0.3 is 20.1 Å². The van der Waals surface area contributed by atoms with E-state index in [1.165, 1.54) is 0 Å². The highest BCUT2D eigenvalue weighted by Crippen LogP contribution is 2.43. The first-order chi connectivity index (χ1) is 13.8. The van der Waals surface area contributed by atoms with E-state index in [4.69, 9.17) is 9.47 Å². The molecule has 2 N–H and O–H groups in total. The van der Waals surface area contributed by atoms with E-state index in [1.807, 2.05) is 35.1 Å². The van der Waals surface area contributed by atoms with Crippen LogP contribution < -0.4 is 20.1 Å². The Morgan fingerprint density at radius 1 is 1.18 bits per heavy atom. The number of nitrogens with zero attached hydrogens (tertiary/aromatic N) is 2. The van der Waals surface area contributed by atoms with Crippen LogP contribution in [0.25, 0.3) is 0 Å². The largest absolute Gasteiger partial charge is 0.486 e. The van der Waals surface area contributed by atoms with Gasteiger partial charge >= 0.3 is 0 Å². The van der Waals surface area contributed by atoms with Gasteiger partial charge in [0.2, 0.25) is 0 Å². The number of hydrogen-bond donors (Lipinski definition) is 2. The van der Waals surface area contributed by atoms with Gasteiger partial charge in [-0.3, -0.25) is 9.48 Å². The third-order valence-corrected chi connectivity index (χ3v) is 5.79. The van der Waals surface area contributed by atoms with Crippen LogP contribution in [0.2, 0.25) is 0 Å². The van der Waals surface area contributed by atoms with Crippen LogP contribution in [0.15, 0.2) is 30.5 Å². The first kappa shape index (κ1) is 17.6. The third kappa shape index (κ3) is 3.58. The van der Waals surface area contributed by atoms with Gasteiger partial charge in [0, 0.05) is 12.7 Å². The van der Waals surface area contributed by atoms with Crippen molar-refractivity contribution in [3.63, 3.8) is 0 Å². The lowest BCUT2D eigenvalue weighted by atomic mass is 10.0. The molecule has 28 heavy (non-hydrogen) atoms. The average Bonchev–Trinajstić information content (AvgIpc) is 3.47. The van der Waals surface area contributed by atoms with Crippen LogP contribution in [-0.4, -0.2) is 42.0 Å². The maximum atomic E-state index is 12.9. The second-order valence-electron chi connectivity index (χ2n) is 7.87. The smallest absolute Gasteiger partial charge is 0.272 e. The fraction of sp³-hybridized carbons (Fsp3) is 0.524. The van der Waals surface area contributed by atoms with Gasteiger partial charge in [0.25, 0.3) is 5.91 Å². The minimum Gasteiger partial charge on any atom is -0.486 e. The molecule has 0 bridgehead atoms. The molecule has 2 aliphatic heterocycles. The van der Waals surface area contributed by atoms with E-state index in [1.54, 1.807) is 0 Å². The van der Waals surface area contributed by atoms with Gasteiger partial charge in [-0.1, -0.05) is 6.07 Å². The Hall–Kier alpha value is -2.54. The summed E-state index contributed by atoms with van der Waals surface area (Å²) >= 11 is 0. The zero-order valence-electron chi connectivity index (χ0n) is 15.9. The highest BCUT2D eigenvalue weighted by Gasteiger charge is 2.34. The number of piperidine rings is 1. The molecule has 1 aromatic carbocycles. The Labute approximate surface area is 164 Å². The monoisotopic (exact) mass is 382 g/mol. The molecule has 148 valence electrons. The van der Waals surface area contributed by atoms with Crippen LogP contribution in [0, 0.1) is 5.92 Å². The van der Waals surface area contributed by atoms with Crippen molar-refractivity contribution in [1.29, 1.82) is 0 Å². The van der Waals surface area contributed by atoms with Gasteiger partial charge in [0.1, 0.15) is 18.9 Å². The predicted molar refractivity (Wildman–Crippen MR) is 104 cm³/mol. The summed E-state index contributed by atoms with van der Waals surface area (Å²) in [5, 5.41) is 11.1.